The number of ether oxygens (including phenoxy) is 3. The van der Waals surface area contributed by atoms with Gasteiger partial charge in [0.2, 0.25) is 0 Å². The van der Waals surface area contributed by atoms with E-state index in [2.05, 4.69) is 16.3 Å². The Kier molecular flexibility index (Phi) is 8.54. The fraction of sp³-hybridized carbons (Fsp3) is 0.321. The van der Waals surface area contributed by atoms with Crippen molar-refractivity contribution in [3.05, 3.63) is 90.0 Å². The van der Waals surface area contributed by atoms with Gasteiger partial charge < -0.3 is 19.5 Å². The van der Waals surface area contributed by atoms with E-state index in [4.69, 9.17) is 14.2 Å². The molecule has 0 atom stereocenters. The number of nitrogens with one attached hydrogen (secondary N) is 1. The van der Waals surface area contributed by atoms with E-state index in [1.165, 1.54) is 0 Å². The van der Waals surface area contributed by atoms with Crippen LogP contribution < -0.4 is 14.8 Å². The van der Waals surface area contributed by atoms with Crippen molar-refractivity contribution in [1.82, 2.24) is 10.2 Å². The summed E-state index contributed by atoms with van der Waals surface area (Å²) in [5, 5.41) is 3.41. The number of nitrogens with zero attached hydrogens (tertiary/aromatic N) is 1. The Morgan fingerprint density at radius 2 is 1.62 bits per heavy atom. The van der Waals surface area contributed by atoms with Crippen LogP contribution in [0.4, 0.5) is 0 Å². The highest BCUT2D eigenvalue weighted by Crippen LogP contribution is 2.31. The third-order valence-corrected chi connectivity index (χ3v) is 5.98. The van der Waals surface area contributed by atoms with Crippen LogP contribution in [0.25, 0.3) is 0 Å². The Morgan fingerprint density at radius 1 is 0.912 bits per heavy atom. The molecule has 0 amide bonds. The second kappa shape index (κ2) is 12.2. The largest absolute Gasteiger partial charge is 0.493 e. The Morgan fingerprint density at radius 3 is 2.38 bits per heavy atom. The van der Waals surface area contributed by atoms with Gasteiger partial charge in [0.1, 0.15) is 12.4 Å². The topological polar surface area (TPSA) is 60.0 Å². The molecule has 0 radical (unpaired) electrons. The SMILES string of the molecule is COc1ccccc1Oc1cccc(CN(CC(=O)OCc2ccccc2)C2CCNCC2)c1. The molecule has 1 saturated heterocycles. The van der Waals surface area contributed by atoms with Gasteiger partial charge in [-0.3, -0.25) is 9.69 Å². The number of methoxy groups -OCH3 is 1. The van der Waals surface area contributed by atoms with Gasteiger partial charge in [0.05, 0.1) is 13.7 Å². The summed E-state index contributed by atoms with van der Waals surface area (Å²) in [6, 6.07) is 25.7. The van der Waals surface area contributed by atoms with Crippen LogP contribution >= 0.6 is 0 Å². The highest BCUT2D eigenvalue weighted by atomic mass is 16.5. The predicted octanol–water partition coefficient (Wildman–Crippen LogP) is 4.78. The van der Waals surface area contributed by atoms with Crippen LogP contribution in [-0.4, -0.2) is 43.7 Å². The minimum atomic E-state index is -0.205. The molecule has 1 fully saturated rings. The van der Waals surface area contributed by atoms with Gasteiger partial charge in [0, 0.05) is 12.6 Å². The molecule has 178 valence electrons. The summed E-state index contributed by atoms with van der Waals surface area (Å²) in [5.74, 6) is 1.88. The summed E-state index contributed by atoms with van der Waals surface area (Å²) in [5.41, 5.74) is 2.08. The monoisotopic (exact) mass is 460 g/mol. The molecule has 3 aromatic carbocycles. The highest BCUT2D eigenvalue weighted by molar-refractivity contribution is 5.71. The number of carbonyl (C=O) groups is 1. The van der Waals surface area contributed by atoms with Gasteiger partial charge in [-0.25, -0.2) is 0 Å². The van der Waals surface area contributed by atoms with Gasteiger partial charge >= 0.3 is 5.97 Å². The van der Waals surface area contributed by atoms with Gasteiger partial charge in [-0.05, 0) is 61.3 Å². The van der Waals surface area contributed by atoms with Crippen molar-refractivity contribution in [2.45, 2.75) is 32.0 Å². The van der Waals surface area contributed by atoms with E-state index in [1.807, 2.05) is 72.8 Å². The lowest BCUT2D eigenvalue weighted by Crippen LogP contribution is -2.45. The van der Waals surface area contributed by atoms with E-state index < -0.39 is 0 Å². The third-order valence-electron chi connectivity index (χ3n) is 5.98. The van der Waals surface area contributed by atoms with Crippen molar-refractivity contribution in [3.8, 4) is 17.2 Å². The van der Waals surface area contributed by atoms with Crippen LogP contribution in [0.2, 0.25) is 0 Å². The molecule has 6 heteroatoms. The first-order valence-electron chi connectivity index (χ1n) is 11.8. The first-order valence-corrected chi connectivity index (χ1v) is 11.8. The van der Waals surface area contributed by atoms with Gasteiger partial charge in [0.15, 0.2) is 11.5 Å². The summed E-state index contributed by atoms with van der Waals surface area (Å²) < 4.78 is 17.1. The summed E-state index contributed by atoms with van der Waals surface area (Å²) in [7, 11) is 1.63. The first kappa shape index (κ1) is 23.8. The lowest BCUT2D eigenvalue weighted by Gasteiger charge is -2.34. The van der Waals surface area contributed by atoms with Crippen LogP contribution in [0.3, 0.4) is 0 Å². The van der Waals surface area contributed by atoms with Crippen LogP contribution in [0.15, 0.2) is 78.9 Å². The Hall–Kier alpha value is -3.35. The van der Waals surface area contributed by atoms with Crippen molar-refractivity contribution in [2.24, 2.45) is 0 Å². The summed E-state index contributed by atoms with van der Waals surface area (Å²) in [4.78, 5) is 15.0. The summed E-state index contributed by atoms with van der Waals surface area (Å²) in [6.45, 7) is 3.11. The zero-order valence-electron chi connectivity index (χ0n) is 19.6. The molecule has 0 spiro atoms. The molecule has 1 heterocycles. The van der Waals surface area contributed by atoms with E-state index in [9.17, 15) is 4.79 Å². The Bertz CT molecular complexity index is 1050. The van der Waals surface area contributed by atoms with Gasteiger partial charge in [-0.2, -0.15) is 0 Å². The summed E-state index contributed by atoms with van der Waals surface area (Å²) >= 11 is 0. The maximum Gasteiger partial charge on any atom is 0.320 e. The number of rotatable bonds is 10. The molecule has 0 unspecified atom stereocenters. The van der Waals surface area contributed by atoms with Crippen molar-refractivity contribution in [3.63, 3.8) is 0 Å². The van der Waals surface area contributed by atoms with Crippen LogP contribution in [-0.2, 0) is 22.7 Å². The number of hydrogen-bond acceptors (Lipinski definition) is 6. The molecule has 6 nitrogen and oxygen atoms in total. The molecule has 1 N–H and O–H groups in total. The maximum atomic E-state index is 12.7. The maximum absolute atomic E-state index is 12.7. The molecule has 0 bridgehead atoms. The molecule has 0 aromatic heterocycles. The smallest absolute Gasteiger partial charge is 0.320 e. The van der Waals surface area contributed by atoms with Crippen LogP contribution in [0.1, 0.15) is 24.0 Å². The Labute approximate surface area is 201 Å². The average molecular weight is 461 g/mol. The lowest BCUT2D eigenvalue weighted by molar-refractivity contribution is -0.147. The van der Waals surface area contributed by atoms with Crippen LogP contribution in [0, 0.1) is 0 Å². The van der Waals surface area contributed by atoms with Crippen molar-refractivity contribution < 1.29 is 19.0 Å². The summed E-state index contributed by atoms with van der Waals surface area (Å²) in [6.07, 6.45) is 2.01. The molecular weight excluding hydrogens is 428 g/mol. The average Bonchev–Trinajstić information content (AvgIpc) is 2.89. The quantitative estimate of drug-likeness (QED) is 0.439. The number of benzene rings is 3. The van der Waals surface area contributed by atoms with Gasteiger partial charge in [-0.15, -0.1) is 0 Å². The molecule has 34 heavy (non-hydrogen) atoms. The second-order valence-corrected chi connectivity index (χ2v) is 8.43. The first-order chi connectivity index (χ1) is 16.7. The number of piperidine rings is 1. The fourth-order valence-electron chi connectivity index (χ4n) is 4.21. The van der Waals surface area contributed by atoms with Gasteiger partial charge in [-0.1, -0.05) is 54.6 Å². The van der Waals surface area contributed by atoms with Gasteiger partial charge in [0.25, 0.3) is 0 Å². The number of carbonyl (C=O) groups excluding carboxylic acids is 1. The molecule has 0 aliphatic carbocycles. The normalized spacial score (nSPS) is 14.1. The molecule has 4 rings (SSSR count). The van der Waals surface area contributed by atoms with E-state index in [-0.39, 0.29) is 12.5 Å². The van der Waals surface area contributed by atoms with Crippen LogP contribution in [0.5, 0.6) is 17.2 Å². The number of hydrogen-bond donors (Lipinski definition) is 1. The van der Waals surface area contributed by atoms with E-state index in [1.54, 1.807) is 7.11 Å². The molecule has 1 aliphatic heterocycles. The highest BCUT2D eigenvalue weighted by Gasteiger charge is 2.24. The number of esters is 1. The van der Waals surface area contributed by atoms with E-state index in [0.29, 0.717) is 30.7 Å². The minimum Gasteiger partial charge on any atom is -0.493 e. The Balaban J connectivity index is 1.43. The lowest BCUT2D eigenvalue weighted by atomic mass is 10.0. The molecular formula is C28H32N2O4. The molecule has 1 aliphatic rings. The van der Waals surface area contributed by atoms with E-state index >= 15 is 0 Å². The molecule has 3 aromatic rings. The standard InChI is InChI=1S/C28H32N2O4/c1-32-26-12-5-6-13-27(26)34-25-11-7-10-23(18-25)19-30(24-14-16-29-17-15-24)20-28(31)33-21-22-8-3-2-4-9-22/h2-13,18,24,29H,14-17,19-21H2,1H3. The minimum absolute atomic E-state index is 0.205. The van der Waals surface area contributed by atoms with Crippen molar-refractivity contribution >= 4 is 5.97 Å². The second-order valence-electron chi connectivity index (χ2n) is 8.43. The fourth-order valence-corrected chi connectivity index (χ4v) is 4.21. The third kappa shape index (κ3) is 6.83. The molecule has 0 saturated carbocycles. The van der Waals surface area contributed by atoms with Crippen molar-refractivity contribution in [2.75, 3.05) is 26.7 Å². The van der Waals surface area contributed by atoms with E-state index in [0.717, 1.165) is 42.8 Å². The predicted molar refractivity (Wildman–Crippen MR) is 132 cm³/mol. The zero-order chi connectivity index (χ0) is 23.6. The zero-order valence-corrected chi connectivity index (χ0v) is 19.6. The van der Waals surface area contributed by atoms with Crippen molar-refractivity contribution in [1.29, 1.82) is 0 Å². The number of para-hydroxylation sites is 2.